The molecule has 2 aromatic rings. The molecular formula is C20H23S+. The summed E-state index contributed by atoms with van der Waals surface area (Å²) in [4.78, 5) is 1.58. The zero-order valence-corrected chi connectivity index (χ0v) is 13.9. The van der Waals surface area contributed by atoms with Crippen molar-refractivity contribution in [2.45, 2.75) is 54.4 Å². The second kappa shape index (κ2) is 4.64. The number of benzene rings is 2. The van der Waals surface area contributed by atoms with Gasteiger partial charge in [0.05, 0.1) is 0 Å². The zero-order chi connectivity index (χ0) is 14.6. The lowest BCUT2D eigenvalue weighted by molar-refractivity contribution is 0.589. The van der Waals surface area contributed by atoms with Gasteiger partial charge in [-0.15, -0.1) is 0 Å². The summed E-state index contributed by atoms with van der Waals surface area (Å²) in [6.07, 6.45) is 2.76. The normalized spacial score (nSPS) is 26.9. The summed E-state index contributed by atoms with van der Waals surface area (Å²) in [5, 5.41) is 1.57. The molecule has 2 aromatic carbocycles. The van der Waals surface area contributed by atoms with E-state index < -0.39 is 0 Å². The van der Waals surface area contributed by atoms with Gasteiger partial charge >= 0.3 is 0 Å². The Morgan fingerprint density at radius 2 is 1.33 bits per heavy atom. The van der Waals surface area contributed by atoms with Crippen molar-refractivity contribution in [2.24, 2.45) is 0 Å². The Hall–Kier alpha value is -1.21. The maximum Gasteiger partial charge on any atom is 0.156 e. The third-order valence-electron chi connectivity index (χ3n) is 4.99. The SMILES string of the molecule is CC(C)(C)c1ccc([S+]2C3CCC2c2ccccc23)cc1. The van der Waals surface area contributed by atoms with Crippen molar-refractivity contribution in [3.8, 4) is 0 Å². The van der Waals surface area contributed by atoms with E-state index in [2.05, 4.69) is 69.3 Å². The van der Waals surface area contributed by atoms with E-state index in [0.717, 1.165) is 10.5 Å². The average molecular weight is 295 g/mol. The molecule has 0 aromatic heterocycles. The topological polar surface area (TPSA) is 0 Å². The first-order valence-electron chi connectivity index (χ1n) is 7.97. The Labute approximate surface area is 130 Å². The second-order valence-electron chi connectivity index (χ2n) is 7.33. The fraction of sp³-hybridized carbons (Fsp3) is 0.400. The van der Waals surface area contributed by atoms with Crippen LogP contribution in [0.1, 0.15) is 60.8 Å². The minimum absolute atomic E-state index is 0.249. The molecule has 0 radical (unpaired) electrons. The number of fused-ring (bicyclic) bond motifs is 5. The van der Waals surface area contributed by atoms with Crippen LogP contribution in [0.25, 0.3) is 0 Å². The van der Waals surface area contributed by atoms with E-state index in [1.165, 1.54) is 18.4 Å². The highest BCUT2D eigenvalue weighted by atomic mass is 32.2. The Morgan fingerprint density at radius 1 is 0.810 bits per heavy atom. The van der Waals surface area contributed by atoms with Crippen molar-refractivity contribution in [2.75, 3.05) is 0 Å². The highest BCUT2D eigenvalue weighted by molar-refractivity contribution is 7.98. The molecule has 2 atom stereocenters. The van der Waals surface area contributed by atoms with Gasteiger partial charge in [0.2, 0.25) is 0 Å². The molecule has 2 bridgehead atoms. The van der Waals surface area contributed by atoms with Gasteiger partial charge in [-0.3, -0.25) is 0 Å². The molecule has 0 N–H and O–H groups in total. The minimum Gasteiger partial charge on any atom is -0.0618 e. The summed E-state index contributed by atoms with van der Waals surface area (Å²) in [7, 11) is 0.399. The van der Waals surface area contributed by atoms with Crippen LogP contribution in [-0.2, 0) is 16.3 Å². The van der Waals surface area contributed by atoms with Crippen molar-refractivity contribution in [3.63, 3.8) is 0 Å². The average Bonchev–Trinajstić information content (AvgIpc) is 3.03. The van der Waals surface area contributed by atoms with Gasteiger partial charge in [-0.05, 0) is 23.1 Å². The van der Waals surface area contributed by atoms with Gasteiger partial charge in [0.15, 0.2) is 4.90 Å². The first-order valence-corrected chi connectivity index (χ1v) is 9.32. The molecule has 1 saturated heterocycles. The summed E-state index contributed by atoms with van der Waals surface area (Å²) >= 11 is 0. The largest absolute Gasteiger partial charge is 0.156 e. The second-order valence-corrected chi connectivity index (χ2v) is 9.68. The molecule has 21 heavy (non-hydrogen) atoms. The smallest absolute Gasteiger partial charge is 0.0618 e. The van der Waals surface area contributed by atoms with Crippen LogP contribution in [0, 0.1) is 0 Å². The first kappa shape index (κ1) is 13.5. The quantitative estimate of drug-likeness (QED) is 0.605. The number of hydrogen-bond acceptors (Lipinski definition) is 0. The van der Waals surface area contributed by atoms with Crippen molar-refractivity contribution >= 4 is 10.9 Å². The van der Waals surface area contributed by atoms with Crippen LogP contribution in [0.2, 0.25) is 0 Å². The van der Waals surface area contributed by atoms with Crippen LogP contribution >= 0.6 is 0 Å². The fourth-order valence-corrected chi connectivity index (χ4v) is 7.14. The van der Waals surface area contributed by atoms with E-state index in [4.69, 9.17) is 0 Å². The molecule has 0 amide bonds. The van der Waals surface area contributed by atoms with Crippen LogP contribution in [0.5, 0.6) is 0 Å². The standard InChI is InChI=1S/C20H23S/c1-20(2,3)14-8-10-15(11-9-14)21-18-12-13-19(21)17-7-5-4-6-16(17)18/h4-11,18-19H,12-13H2,1-3H3/q+1. The van der Waals surface area contributed by atoms with E-state index in [1.54, 1.807) is 16.0 Å². The van der Waals surface area contributed by atoms with Gasteiger partial charge in [0, 0.05) is 34.9 Å². The van der Waals surface area contributed by atoms with Gasteiger partial charge in [-0.1, -0.05) is 57.2 Å². The highest BCUT2D eigenvalue weighted by Crippen LogP contribution is 2.59. The Balaban J connectivity index is 1.70. The van der Waals surface area contributed by atoms with Crippen LogP contribution in [0.3, 0.4) is 0 Å². The Morgan fingerprint density at radius 3 is 1.81 bits per heavy atom. The van der Waals surface area contributed by atoms with Crippen LogP contribution in [0.4, 0.5) is 0 Å². The fourth-order valence-electron chi connectivity index (χ4n) is 3.88. The molecule has 2 aliphatic heterocycles. The van der Waals surface area contributed by atoms with E-state index in [-0.39, 0.29) is 5.41 Å². The molecule has 0 nitrogen and oxygen atoms in total. The minimum atomic E-state index is 0.249. The van der Waals surface area contributed by atoms with Gasteiger partial charge in [-0.25, -0.2) is 0 Å². The van der Waals surface area contributed by atoms with E-state index >= 15 is 0 Å². The maximum atomic E-state index is 2.40. The molecule has 0 spiro atoms. The van der Waals surface area contributed by atoms with E-state index in [9.17, 15) is 0 Å². The molecule has 2 heterocycles. The summed E-state index contributed by atoms with van der Waals surface area (Å²) in [6, 6.07) is 18.7. The molecule has 2 unspecified atom stereocenters. The molecule has 1 heteroatoms. The van der Waals surface area contributed by atoms with Crippen molar-refractivity contribution < 1.29 is 0 Å². The third-order valence-corrected chi connectivity index (χ3v) is 8.01. The zero-order valence-electron chi connectivity index (χ0n) is 13.1. The van der Waals surface area contributed by atoms with Crippen LogP contribution in [-0.4, -0.2) is 0 Å². The predicted molar refractivity (Wildman–Crippen MR) is 91.9 cm³/mol. The predicted octanol–water partition coefficient (Wildman–Crippen LogP) is 5.55. The van der Waals surface area contributed by atoms with Crippen molar-refractivity contribution in [1.82, 2.24) is 0 Å². The van der Waals surface area contributed by atoms with Gasteiger partial charge in [0.1, 0.15) is 10.5 Å². The van der Waals surface area contributed by atoms with Crippen LogP contribution < -0.4 is 0 Å². The number of hydrogen-bond donors (Lipinski definition) is 0. The van der Waals surface area contributed by atoms with E-state index in [1.807, 2.05) is 0 Å². The highest BCUT2D eigenvalue weighted by Gasteiger charge is 2.55. The summed E-state index contributed by atoms with van der Waals surface area (Å²) in [6.45, 7) is 6.87. The summed E-state index contributed by atoms with van der Waals surface area (Å²) in [5.41, 5.74) is 4.96. The third kappa shape index (κ3) is 2.05. The summed E-state index contributed by atoms with van der Waals surface area (Å²) in [5.74, 6) is 0. The monoisotopic (exact) mass is 295 g/mol. The molecule has 0 saturated carbocycles. The first-order chi connectivity index (χ1) is 10.1. The molecule has 0 aliphatic carbocycles. The van der Waals surface area contributed by atoms with Crippen LogP contribution in [0.15, 0.2) is 53.4 Å². The van der Waals surface area contributed by atoms with Gasteiger partial charge in [0.25, 0.3) is 0 Å². The Kier molecular flexibility index (Phi) is 2.97. The van der Waals surface area contributed by atoms with Crippen molar-refractivity contribution in [3.05, 3.63) is 65.2 Å². The Bertz CT molecular complexity index is 632. The lowest BCUT2D eigenvalue weighted by atomic mass is 9.87. The lowest BCUT2D eigenvalue weighted by Gasteiger charge is -2.19. The van der Waals surface area contributed by atoms with E-state index in [0.29, 0.717) is 10.9 Å². The van der Waals surface area contributed by atoms with Crippen molar-refractivity contribution in [1.29, 1.82) is 0 Å². The van der Waals surface area contributed by atoms with Gasteiger partial charge < -0.3 is 0 Å². The number of rotatable bonds is 1. The van der Waals surface area contributed by atoms with Gasteiger partial charge in [-0.2, -0.15) is 0 Å². The molecule has 4 rings (SSSR count). The summed E-state index contributed by atoms with van der Waals surface area (Å²) < 4.78 is 0. The molecule has 2 aliphatic rings. The molecular weight excluding hydrogens is 272 g/mol. The lowest BCUT2D eigenvalue weighted by Crippen LogP contribution is -2.11. The molecule has 1 fully saturated rings. The molecule has 108 valence electrons. The maximum absolute atomic E-state index is 2.40.